The third kappa shape index (κ3) is 19.3. The summed E-state index contributed by atoms with van der Waals surface area (Å²) in [5.74, 6) is -0.596. The van der Waals surface area contributed by atoms with Gasteiger partial charge < -0.3 is 10.8 Å². The highest BCUT2D eigenvalue weighted by atomic mass is 16.3. The number of primary amides is 1. The molecule has 1 amide bonds. The van der Waals surface area contributed by atoms with Gasteiger partial charge in [0.25, 0.3) is 0 Å². The van der Waals surface area contributed by atoms with Gasteiger partial charge in [-0.1, -0.05) is 96.1 Å². The average Bonchev–Trinajstić information content (AvgIpc) is 2.60. The van der Waals surface area contributed by atoms with Crippen LogP contribution in [0, 0.1) is 0 Å². The number of hydrogen-bond acceptors (Lipinski definition) is 2. The van der Waals surface area contributed by atoms with Crippen LogP contribution in [0.1, 0.15) is 116 Å². The summed E-state index contributed by atoms with van der Waals surface area (Å²) in [6.07, 6.45) is 24.8. The fourth-order valence-corrected chi connectivity index (χ4v) is 3.08. The van der Waals surface area contributed by atoms with Gasteiger partial charge in [-0.2, -0.15) is 0 Å². The van der Waals surface area contributed by atoms with E-state index in [0.29, 0.717) is 6.42 Å². The van der Waals surface area contributed by atoms with Crippen molar-refractivity contribution in [2.45, 2.75) is 122 Å². The van der Waals surface area contributed by atoms with Gasteiger partial charge in [-0.25, -0.2) is 0 Å². The minimum atomic E-state index is -0.950. The third-order valence-corrected chi connectivity index (χ3v) is 4.82. The van der Waals surface area contributed by atoms with E-state index in [1.165, 1.54) is 89.9 Å². The molecule has 0 radical (unpaired) electrons. The second-order valence-corrected chi connectivity index (χ2v) is 7.35. The van der Waals surface area contributed by atoms with Crippen molar-refractivity contribution in [2.24, 2.45) is 5.73 Å². The molecule has 1 atom stereocenters. The van der Waals surface area contributed by atoms with Crippen LogP contribution in [0.2, 0.25) is 0 Å². The smallest absolute Gasteiger partial charge is 0.246 e. The number of unbranched alkanes of at least 4 members (excludes halogenated alkanes) is 14. The first-order valence-corrected chi connectivity index (χ1v) is 10.8. The summed E-state index contributed by atoms with van der Waals surface area (Å²) in [6, 6.07) is 0. The van der Waals surface area contributed by atoms with Crippen molar-refractivity contribution in [1.29, 1.82) is 0 Å². The van der Waals surface area contributed by atoms with E-state index in [9.17, 15) is 9.90 Å². The number of allylic oxidation sites excluding steroid dienone is 2. The summed E-state index contributed by atoms with van der Waals surface area (Å²) in [6.45, 7) is 2.27. The van der Waals surface area contributed by atoms with Gasteiger partial charge in [0.05, 0.1) is 0 Å². The summed E-state index contributed by atoms with van der Waals surface area (Å²) in [5.41, 5.74) is 5.02. The summed E-state index contributed by atoms with van der Waals surface area (Å²) in [5, 5.41) is 9.28. The lowest BCUT2D eigenvalue weighted by molar-refractivity contribution is -0.126. The van der Waals surface area contributed by atoms with Gasteiger partial charge in [-0.3, -0.25) is 4.79 Å². The molecule has 0 heterocycles. The lowest BCUT2D eigenvalue weighted by atomic mass is 10.0. The number of aliphatic hydroxyl groups is 1. The zero-order valence-corrected chi connectivity index (χ0v) is 16.7. The Labute approximate surface area is 156 Å². The molecule has 0 aromatic carbocycles. The second kappa shape index (κ2) is 19.5. The monoisotopic (exact) mass is 353 g/mol. The van der Waals surface area contributed by atoms with Crippen molar-refractivity contribution < 1.29 is 9.90 Å². The molecule has 3 N–H and O–H groups in total. The van der Waals surface area contributed by atoms with Crippen LogP contribution < -0.4 is 5.73 Å². The van der Waals surface area contributed by atoms with Crippen LogP contribution in [0.3, 0.4) is 0 Å². The van der Waals surface area contributed by atoms with Crippen LogP contribution in [0.15, 0.2) is 12.2 Å². The molecule has 25 heavy (non-hydrogen) atoms. The molecule has 0 aliphatic carbocycles. The zero-order valence-electron chi connectivity index (χ0n) is 16.7. The molecule has 0 aliphatic rings. The van der Waals surface area contributed by atoms with Crippen LogP contribution in [0.5, 0.6) is 0 Å². The molecule has 0 rings (SSSR count). The molecule has 0 fully saturated rings. The summed E-state index contributed by atoms with van der Waals surface area (Å²) in [7, 11) is 0. The Bertz CT molecular complexity index is 315. The maximum Gasteiger partial charge on any atom is 0.246 e. The summed E-state index contributed by atoms with van der Waals surface area (Å²) >= 11 is 0. The Hall–Kier alpha value is -0.830. The molecular formula is C22H43NO2. The van der Waals surface area contributed by atoms with Crippen LogP contribution in [0.25, 0.3) is 0 Å². The highest BCUT2D eigenvalue weighted by molar-refractivity contribution is 5.78. The number of carbonyl (C=O) groups is 1. The van der Waals surface area contributed by atoms with E-state index < -0.39 is 12.0 Å². The first kappa shape index (κ1) is 24.2. The quantitative estimate of drug-likeness (QED) is 0.220. The van der Waals surface area contributed by atoms with Crippen LogP contribution in [-0.4, -0.2) is 17.1 Å². The number of carbonyl (C=O) groups excluding carboxylic acids is 1. The van der Waals surface area contributed by atoms with Gasteiger partial charge in [0.2, 0.25) is 5.91 Å². The van der Waals surface area contributed by atoms with Crippen molar-refractivity contribution in [2.75, 3.05) is 0 Å². The van der Waals surface area contributed by atoms with E-state index in [2.05, 4.69) is 19.1 Å². The standard InChI is InChI=1S/C22H43NO2/c1-2-3-4-5-6-7-8-9-10-11-12-13-14-15-16-17-18-19-20-21(24)22(23)25/h9-10,21,24H,2-8,11-20H2,1H3,(H2,23,25)/b10-9-. The number of aliphatic hydroxyl groups excluding tert-OH is 1. The fourth-order valence-electron chi connectivity index (χ4n) is 3.08. The summed E-state index contributed by atoms with van der Waals surface area (Å²) in [4.78, 5) is 10.7. The van der Waals surface area contributed by atoms with Gasteiger partial charge >= 0.3 is 0 Å². The first-order chi connectivity index (χ1) is 12.2. The number of hydrogen-bond donors (Lipinski definition) is 2. The van der Waals surface area contributed by atoms with E-state index in [0.717, 1.165) is 12.8 Å². The fraction of sp³-hybridized carbons (Fsp3) is 0.864. The molecule has 0 saturated heterocycles. The molecule has 3 nitrogen and oxygen atoms in total. The van der Waals surface area contributed by atoms with Gasteiger partial charge in [0, 0.05) is 0 Å². The SMILES string of the molecule is CCCCCCCC/C=C\CCCCCCCCCCC(O)C(N)=O. The van der Waals surface area contributed by atoms with Crippen LogP contribution >= 0.6 is 0 Å². The molecule has 0 spiro atoms. The number of amides is 1. The Morgan fingerprint density at radius 1 is 0.760 bits per heavy atom. The Morgan fingerprint density at radius 3 is 1.60 bits per heavy atom. The lowest BCUT2D eigenvalue weighted by Gasteiger charge is -2.05. The lowest BCUT2D eigenvalue weighted by Crippen LogP contribution is -2.27. The van der Waals surface area contributed by atoms with E-state index in [4.69, 9.17) is 5.73 Å². The van der Waals surface area contributed by atoms with Crippen molar-refractivity contribution in [1.82, 2.24) is 0 Å². The normalized spacial score (nSPS) is 12.7. The number of nitrogens with two attached hydrogens (primary N) is 1. The number of rotatable bonds is 19. The molecular weight excluding hydrogens is 310 g/mol. The van der Waals surface area contributed by atoms with Crippen LogP contribution in [0.4, 0.5) is 0 Å². The first-order valence-electron chi connectivity index (χ1n) is 10.8. The Kier molecular flexibility index (Phi) is 18.8. The summed E-state index contributed by atoms with van der Waals surface area (Å²) < 4.78 is 0. The van der Waals surface area contributed by atoms with Crippen molar-refractivity contribution in [3.63, 3.8) is 0 Å². The molecule has 0 aliphatic heterocycles. The molecule has 1 unspecified atom stereocenters. The zero-order chi connectivity index (χ0) is 18.6. The van der Waals surface area contributed by atoms with Crippen LogP contribution in [-0.2, 0) is 4.79 Å². The van der Waals surface area contributed by atoms with E-state index >= 15 is 0 Å². The maximum absolute atomic E-state index is 10.7. The minimum Gasteiger partial charge on any atom is -0.383 e. The predicted molar refractivity (Wildman–Crippen MR) is 109 cm³/mol. The largest absolute Gasteiger partial charge is 0.383 e. The van der Waals surface area contributed by atoms with Gasteiger partial charge in [-0.15, -0.1) is 0 Å². The highest BCUT2D eigenvalue weighted by Gasteiger charge is 2.09. The van der Waals surface area contributed by atoms with Crippen molar-refractivity contribution in [3.8, 4) is 0 Å². The van der Waals surface area contributed by atoms with Gasteiger partial charge in [0.15, 0.2) is 0 Å². The van der Waals surface area contributed by atoms with Crippen molar-refractivity contribution >= 4 is 5.91 Å². The molecule has 0 aromatic rings. The average molecular weight is 354 g/mol. The molecule has 148 valence electrons. The Morgan fingerprint density at radius 2 is 1.16 bits per heavy atom. The van der Waals surface area contributed by atoms with Crippen molar-refractivity contribution in [3.05, 3.63) is 12.2 Å². The van der Waals surface area contributed by atoms with E-state index in [1.54, 1.807) is 0 Å². The molecule has 0 aromatic heterocycles. The topological polar surface area (TPSA) is 63.3 Å². The molecule has 0 saturated carbocycles. The predicted octanol–water partition coefficient (Wildman–Crippen LogP) is 6.04. The Balaban J connectivity index is 3.13. The third-order valence-electron chi connectivity index (χ3n) is 4.82. The van der Waals surface area contributed by atoms with Gasteiger partial charge in [0.1, 0.15) is 6.10 Å². The second-order valence-electron chi connectivity index (χ2n) is 7.35. The minimum absolute atomic E-state index is 0.514. The molecule has 3 heteroatoms. The van der Waals surface area contributed by atoms with E-state index in [1.807, 2.05) is 0 Å². The molecule has 0 bridgehead atoms. The van der Waals surface area contributed by atoms with E-state index in [-0.39, 0.29) is 0 Å². The highest BCUT2D eigenvalue weighted by Crippen LogP contribution is 2.12. The van der Waals surface area contributed by atoms with Gasteiger partial charge in [-0.05, 0) is 32.1 Å². The maximum atomic E-state index is 10.7.